The number of hydrogen-bond acceptors (Lipinski definition) is 0. The quantitative estimate of drug-likeness (QED) is 0.626. The van der Waals surface area contributed by atoms with E-state index in [0.29, 0.717) is 0 Å². The van der Waals surface area contributed by atoms with E-state index in [1.54, 1.807) is 6.08 Å². The monoisotopic (exact) mass is 186 g/mol. The summed E-state index contributed by atoms with van der Waals surface area (Å²) in [6.45, 7) is 1.97. The molecule has 0 aliphatic heterocycles. The van der Waals surface area contributed by atoms with Gasteiger partial charge in [0.1, 0.15) is 0 Å². The van der Waals surface area contributed by atoms with Crippen LogP contribution in [0.25, 0.3) is 6.08 Å². The summed E-state index contributed by atoms with van der Waals surface area (Å²) in [6, 6.07) is 5.84. The lowest BCUT2D eigenvalue weighted by atomic mass is 10.1. The van der Waals surface area contributed by atoms with Crippen LogP contribution in [-0.4, -0.2) is 0 Å². The van der Waals surface area contributed by atoms with E-state index >= 15 is 0 Å². The van der Waals surface area contributed by atoms with Crippen molar-refractivity contribution < 1.29 is 0 Å². The van der Waals surface area contributed by atoms with Crippen LogP contribution in [0, 0.1) is 6.92 Å². The normalized spacial score (nSPS) is 10.8. The Hall–Kier alpha value is -0.460. The summed E-state index contributed by atoms with van der Waals surface area (Å²) >= 11 is 11.4. The van der Waals surface area contributed by atoms with E-state index < -0.39 is 0 Å². The van der Waals surface area contributed by atoms with Crippen molar-refractivity contribution in [3.8, 4) is 0 Å². The fourth-order valence-corrected chi connectivity index (χ4v) is 1.19. The van der Waals surface area contributed by atoms with E-state index in [9.17, 15) is 0 Å². The Morgan fingerprint density at radius 2 is 2.09 bits per heavy atom. The molecule has 0 bridgehead atoms. The highest BCUT2D eigenvalue weighted by Gasteiger charge is 1.97. The average molecular weight is 187 g/mol. The van der Waals surface area contributed by atoms with Crippen LogP contribution >= 0.6 is 23.2 Å². The van der Waals surface area contributed by atoms with Gasteiger partial charge in [-0.1, -0.05) is 41.4 Å². The first-order chi connectivity index (χ1) is 5.25. The van der Waals surface area contributed by atoms with Crippen molar-refractivity contribution in [2.75, 3.05) is 0 Å². The van der Waals surface area contributed by atoms with Gasteiger partial charge in [0, 0.05) is 5.54 Å². The molecule has 0 amide bonds. The lowest BCUT2D eigenvalue weighted by molar-refractivity contribution is 1.46. The van der Waals surface area contributed by atoms with Crippen LogP contribution in [0.4, 0.5) is 0 Å². The summed E-state index contributed by atoms with van der Waals surface area (Å²) in [7, 11) is 0. The van der Waals surface area contributed by atoms with E-state index in [1.165, 1.54) is 5.54 Å². The van der Waals surface area contributed by atoms with E-state index in [1.807, 2.05) is 25.1 Å². The second-order valence-electron chi connectivity index (χ2n) is 2.27. The van der Waals surface area contributed by atoms with Crippen LogP contribution in [0.5, 0.6) is 0 Å². The third kappa shape index (κ3) is 1.98. The van der Waals surface area contributed by atoms with Gasteiger partial charge < -0.3 is 0 Å². The second kappa shape index (κ2) is 3.80. The maximum atomic E-state index is 5.96. The maximum absolute atomic E-state index is 5.96. The third-order valence-electron chi connectivity index (χ3n) is 1.46. The highest BCUT2D eigenvalue weighted by molar-refractivity contribution is 6.33. The molecule has 0 radical (unpaired) electrons. The lowest BCUT2D eigenvalue weighted by Crippen LogP contribution is -1.78. The Kier molecular flexibility index (Phi) is 2.98. The summed E-state index contributed by atoms with van der Waals surface area (Å²) in [5.74, 6) is 0. The minimum Gasteiger partial charge on any atom is -0.0929 e. The summed E-state index contributed by atoms with van der Waals surface area (Å²) in [4.78, 5) is 0. The van der Waals surface area contributed by atoms with Crippen molar-refractivity contribution in [3.63, 3.8) is 0 Å². The molecule has 0 saturated heterocycles. The van der Waals surface area contributed by atoms with Crippen molar-refractivity contribution in [2.24, 2.45) is 0 Å². The first-order valence-electron chi connectivity index (χ1n) is 3.27. The van der Waals surface area contributed by atoms with Gasteiger partial charge in [-0.25, -0.2) is 0 Å². The molecule has 0 nitrogen and oxygen atoms in total. The number of benzene rings is 1. The smallest absolute Gasteiger partial charge is 0.0507 e. The molecule has 0 aliphatic carbocycles. The molecule has 0 aromatic heterocycles. The van der Waals surface area contributed by atoms with E-state index in [4.69, 9.17) is 23.2 Å². The van der Waals surface area contributed by atoms with Gasteiger partial charge in [-0.05, 0) is 24.1 Å². The molecule has 0 heterocycles. The van der Waals surface area contributed by atoms with Gasteiger partial charge in [0.2, 0.25) is 0 Å². The van der Waals surface area contributed by atoms with Crippen molar-refractivity contribution in [1.29, 1.82) is 0 Å². The SMILES string of the molecule is Cc1cccc(C=CCl)c1Cl. The predicted molar refractivity (Wildman–Crippen MR) is 51.1 cm³/mol. The predicted octanol–water partition coefficient (Wildman–Crippen LogP) is 3.86. The van der Waals surface area contributed by atoms with Crippen molar-refractivity contribution in [1.82, 2.24) is 0 Å². The van der Waals surface area contributed by atoms with E-state index in [0.717, 1.165) is 16.1 Å². The molecule has 0 fully saturated rings. The van der Waals surface area contributed by atoms with Gasteiger partial charge in [-0.15, -0.1) is 0 Å². The van der Waals surface area contributed by atoms with Crippen molar-refractivity contribution in [2.45, 2.75) is 6.92 Å². The molecule has 0 unspecified atom stereocenters. The number of halogens is 2. The van der Waals surface area contributed by atoms with E-state index in [2.05, 4.69) is 0 Å². The summed E-state index contributed by atoms with van der Waals surface area (Å²) in [5, 5.41) is 0.768. The molecule has 1 rings (SSSR count). The summed E-state index contributed by atoms with van der Waals surface area (Å²) in [5.41, 5.74) is 3.49. The zero-order valence-electron chi connectivity index (χ0n) is 6.14. The first kappa shape index (κ1) is 8.63. The van der Waals surface area contributed by atoms with Gasteiger partial charge in [0.05, 0.1) is 5.02 Å². The van der Waals surface area contributed by atoms with Crippen LogP contribution in [0.3, 0.4) is 0 Å². The van der Waals surface area contributed by atoms with Gasteiger partial charge in [0.15, 0.2) is 0 Å². The molecule has 0 spiro atoms. The Bertz CT molecular complexity index is 277. The van der Waals surface area contributed by atoms with Crippen LogP contribution in [-0.2, 0) is 0 Å². The fraction of sp³-hybridized carbons (Fsp3) is 0.111. The van der Waals surface area contributed by atoms with Crippen LogP contribution < -0.4 is 0 Å². The van der Waals surface area contributed by atoms with Crippen molar-refractivity contribution >= 4 is 29.3 Å². The number of hydrogen-bond donors (Lipinski definition) is 0. The van der Waals surface area contributed by atoms with Crippen LogP contribution in [0.1, 0.15) is 11.1 Å². The molecular weight excluding hydrogens is 179 g/mol. The Morgan fingerprint density at radius 3 is 2.73 bits per heavy atom. The molecule has 2 heteroatoms. The zero-order valence-corrected chi connectivity index (χ0v) is 7.65. The molecule has 1 aromatic carbocycles. The topological polar surface area (TPSA) is 0 Å². The molecule has 0 aliphatic rings. The molecule has 1 aromatic rings. The van der Waals surface area contributed by atoms with Crippen molar-refractivity contribution in [3.05, 3.63) is 39.9 Å². The fourth-order valence-electron chi connectivity index (χ4n) is 0.867. The van der Waals surface area contributed by atoms with Crippen LogP contribution in [0.2, 0.25) is 5.02 Å². The summed E-state index contributed by atoms with van der Waals surface area (Å²) < 4.78 is 0. The lowest BCUT2D eigenvalue weighted by Gasteiger charge is -1.99. The Labute approximate surface area is 76.4 Å². The second-order valence-corrected chi connectivity index (χ2v) is 2.90. The minimum atomic E-state index is 0.768. The largest absolute Gasteiger partial charge is 0.0929 e. The molecule has 0 atom stereocenters. The standard InChI is InChI=1S/C9H8Cl2/c1-7-3-2-4-8(5-6-10)9(7)11/h2-6H,1H3. The zero-order chi connectivity index (χ0) is 8.27. The molecule has 0 saturated carbocycles. The number of aryl methyl sites for hydroxylation is 1. The van der Waals surface area contributed by atoms with Gasteiger partial charge in [0.25, 0.3) is 0 Å². The van der Waals surface area contributed by atoms with Gasteiger partial charge in [-0.2, -0.15) is 0 Å². The highest BCUT2D eigenvalue weighted by Crippen LogP contribution is 2.21. The first-order valence-corrected chi connectivity index (χ1v) is 4.09. The Morgan fingerprint density at radius 1 is 1.36 bits per heavy atom. The van der Waals surface area contributed by atoms with Crippen LogP contribution in [0.15, 0.2) is 23.7 Å². The summed E-state index contributed by atoms with van der Waals surface area (Å²) in [6.07, 6.45) is 1.77. The van der Waals surface area contributed by atoms with E-state index in [-0.39, 0.29) is 0 Å². The average Bonchev–Trinajstić information content (AvgIpc) is 1.99. The highest BCUT2D eigenvalue weighted by atomic mass is 35.5. The van der Waals surface area contributed by atoms with Gasteiger partial charge >= 0.3 is 0 Å². The minimum absolute atomic E-state index is 0.768. The molecule has 58 valence electrons. The Balaban J connectivity index is 3.16. The molecular formula is C9H8Cl2. The number of rotatable bonds is 1. The molecule has 11 heavy (non-hydrogen) atoms. The maximum Gasteiger partial charge on any atom is 0.0507 e. The van der Waals surface area contributed by atoms with Gasteiger partial charge in [-0.3, -0.25) is 0 Å². The molecule has 0 N–H and O–H groups in total. The third-order valence-corrected chi connectivity index (χ3v) is 2.11.